The number of unbranched alkanes of at least 4 members (excludes halogenated alkanes) is 4. The lowest BCUT2D eigenvalue weighted by atomic mass is 10.2. The van der Waals surface area contributed by atoms with E-state index >= 15 is 0 Å². The number of halogens is 2. The Hall–Kier alpha value is 0.0169. The standard InChI is InChI=1S/C15H24Cl2Si/c1-2-3-4-5-9-13-18(16,17)14-12-15-10-7-6-8-11-15/h6-8,10-11H,2-5,9,12-14H2,1H3. The molecule has 0 fully saturated rings. The first kappa shape index (κ1) is 16.1. The number of aryl methyl sites for hydroxylation is 1. The molecular weight excluding hydrogens is 279 g/mol. The van der Waals surface area contributed by atoms with Gasteiger partial charge in [-0.15, -0.1) is 22.2 Å². The van der Waals surface area contributed by atoms with E-state index in [1.54, 1.807) is 0 Å². The SMILES string of the molecule is CCCCCCC[Si](Cl)(Cl)CCc1ccccc1. The summed E-state index contributed by atoms with van der Waals surface area (Å²) >= 11 is 13.0. The Bertz CT molecular complexity index is 312. The van der Waals surface area contributed by atoms with Gasteiger partial charge in [-0.05, 0) is 24.1 Å². The van der Waals surface area contributed by atoms with Crippen LogP contribution in [0, 0.1) is 0 Å². The van der Waals surface area contributed by atoms with Gasteiger partial charge in [0.05, 0.1) is 0 Å². The molecule has 0 heterocycles. The molecule has 0 radical (unpaired) electrons. The lowest BCUT2D eigenvalue weighted by molar-refractivity contribution is 0.654. The lowest BCUT2D eigenvalue weighted by Gasteiger charge is -2.16. The van der Waals surface area contributed by atoms with Gasteiger partial charge in [0, 0.05) is 0 Å². The van der Waals surface area contributed by atoms with Gasteiger partial charge in [-0.25, -0.2) is 0 Å². The zero-order valence-corrected chi connectivity index (χ0v) is 13.8. The summed E-state index contributed by atoms with van der Waals surface area (Å²) in [7, 11) is 0. The second-order valence-electron chi connectivity index (χ2n) is 5.01. The molecule has 0 N–H and O–H groups in total. The molecule has 0 nitrogen and oxygen atoms in total. The predicted octanol–water partition coefficient (Wildman–Crippen LogP) is 6.12. The third-order valence-electron chi connectivity index (χ3n) is 3.27. The molecular formula is C15H24Cl2Si. The average Bonchev–Trinajstić information content (AvgIpc) is 2.38. The number of benzene rings is 1. The maximum Gasteiger partial charge on any atom is 0.251 e. The predicted molar refractivity (Wildman–Crippen MR) is 86.0 cm³/mol. The first-order valence-corrected chi connectivity index (χ1v) is 11.5. The molecule has 0 aliphatic heterocycles. The molecule has 0 aromatic heterocycles. The fourth-order valence-electron chi connectivity index (χ4n) is 2.08. The molecule has 0 aliphatic carbocycles. The highest BCUT2D eigenvalue weighted by molar-refractivity contribution is 7.45. The van der Waals surface area contributed by atoms with Crippen molar-refractivity contribution in [2.24, 2.45) is 0 Å². The largest absolute Gasteiger partial charge is 0.251 e. The van der Waals surface area contributed by atoms with Crippen LogP contribution in [0.25, 0.3) is 0 Å². The topological polar surface area (TPSA) is 0 Å². The van der Waals surface area contributed by atoms with Crippen molar-refractivity contribution < 1.29 is 0 Å². The number of hydrogen-bond acceptors (Lipinski definition) is 0. The van der Waals surface area contributed by atoms with E-state index in [1.807, 2.05) is 6.07 Å². The first-order valence-electron chi connectivity index (χ1n) is 7.06. The first-order chi connectivity index (χ1) is 8.64. The summed E-state index contributed by atoms with van der Waals surface area (Å²) in [6.45, 7) is 0.236. The quantitative estimate of drug-likeness (QED) is 0.293. The number of hydrogen-bond donors (Lipinski definition) is 0. The monoisotopic (exact) mass is 302 g/mol. The molecule has 3 heteroatoms. The van der Waals surface area contributed by atoms with Crippen LogP contribution in [0.15, 0.2) is 30.3 Å². The van der Waals surface area contributed by atoms with Crippen molar-refractivity contribution in [3.63, 3.8) is 0 Å². The molecule has 0 atom stereocenters. The summed E-state index contributed by atoms with van der Waals surface area (Å²) in [4.78, 5) is 0. The van der Waals surface area contributed by atoms with Gasteiger partial charge in [-0.2, -0.15) is 0 Å². The Balaban J connectivity index is 2.19. The Morgan fingerprint density at radius 2 is 1.56 bits per heavy atom. The Morgan fingerprint density at radius 1 is 0.889 bits per heavy atom. The summed E-state index contributed by atoms with van der Waals surface area (Å²) in [6, 6.07) is 12.5. The Morgan fingerprint density at radius 3 is 2.22 bits per heavy atom. The Kier molecular flexibility index (Phi) is 8.04. The van der Waals surface area contributed by atoms with E-state index < -0.39 is 6.69 Å². The van der Waals surface area contributed by atoms with E-state index in [0.29, 0.717) is 0 Å². The maximum absolute atomic E-state index is 6.50. The fraction of sp³-hybridized carbons (Fsp3) is 0.600. The molecule has 1 aromatic carbocycles. The van der Waals surface area contributed by atoms with Gasteiger partial charge in [-0.1, -0.05) is 69.4 Å². The second kappa shape index (κ2) is 9.01. The van der Waals surface area contributed by atoms with Gasteiger partial charge >= 0.3 is 0 Å². The highest BCUT2D eigenvalue weighted by Crippen LogP contribution is 2.29. The van der Waals surface area contributed by atoms with E-state index in [-0.39, 0.29) is 0 Å². The van der Waals surface area contributed by atoms with Gasteiger partial charge in [0.15, 0.2) is 0 Å². The third-order valence-corrected chi connectivity index (χ3v) is 7.60. The van der Waals surface area contributed by atoms with Gasteiger partial charge in [0.2, 0.25) is 0 Å². The molecule has 0 amide bonds. The normalized spacial score (nSPS) is 11.7. The zero-order valence-electron chi connectivity index (χ0n) is 11.3. The summed E-state index contributed by atoms with van der Waals surface area (Å²) < 4.78 is 0. The fourth-order valence-corrected chi connectivity index (χ4v) is 5.12. The van der Waals surface area contributed by atoms with E-state index in [2.05, 4.69) is 31.2 Å². The molecule has 0 spiro atoms. The van der Waals surface area contributed by atoms with Crippen LogP contribution in [0.2, 0.25) is 12.1 Å². The van der Waals surface area contributed by atoms with Crippen molar-refractivity contribution in [3.05, 3.63) is 35.9 Å². The molecule has 1 rings (SSSR count). The van der Waals surface area contributed by atoms with E-state index in [4.69, 9.17) is 22.2 Å². The molecule has 18 heavy (non-hydrogen) atoms. The van der Waals surface area contributed by atoms with E-state index in [9.17, 15) is 0 Å². The molecule has 102 valence electrons. The minimum atomic E-state index is -2.00. The molecule has 0 saturated heterocycles. The molecule has 0 unspecified atom stereocenters. The highest BCUT2D eigenvalue weighted by Gasteiger charge is 2.26. The van der Waals surface area contributed by atoms with Crippen molar-refractivity contribution in [2.45, 2.75) is 57.5 Å². The van der Waals surface area contributed by atoms with E-state index in [1.165, 1.54) is 37.7 Å². The molecule has 1 aromatic rings. The number of rotatable bonds is 9. The summed E-state index contributed by atoms with van der Waals surface area (Å²) in [6.07, 6.45) is 7.46. The molecule has 0 saturated carbocycles. The van der Waals surface area contributed by atoms with Gasteiger partial charge in [0.25, 0.3) is 6.69 Å². The zero-order chi connectivity index (χ0) is 13.3. The van der Waals surface area contributed by atoms with Crippen LogP contribution in [0.1, 0.15) is 44.6 Å². The summed E-state index contributed by atoms with van der Waals surface area (Å²) in [5.74, 6) is 0. The van der Waals surface area contributed by atoms with Gasteiger partial charge < -0.3 is 0 Å². The third kappa shape index (κ3) is 7.45. The highest BCUT2D eigenvalue weighted by atomic mass is 35.7. The van der Waals surface area contributed by atoms with Crippen LogP contribution in [0.5, 0.6) is 0 Å². The summed E-state index contributed by atoms with van der Waals surface area (Å²) in [5, 5.41) is 0. The minimum absolute atomic E-state index is 0.980. The Labute approximate surface area is 122 Å². The van der Waals surface area contributed by atoms with Gasteiger partial charge in [0.1, 0.15) is 0 Å². The van der Waals surface area contributed by atoms with Crippen LogP contribution in [0.4, 0.5) is 0 Å². The molecule has 0 aliphatic rings. The van der Waals surface area contributed by atoms with Crippen LogP contribution >= 0.6 is 22.2 Å². The van der Waals surface area contributed by atoms with Crippen molar-refractivity contribution in [1.29, 1.82) is 0 Å². The van der Waals surface area contributed by atoms with Crippen LogP contribution in [-0.2, 0) is 6.42 Å². The lowest BCUT2D eigenvalue weighted by Crippen LogP contribution is -2.19. The van der Waals surface area contributed by atoms with Crippen LogP contribution in [0.3, 0.4) is 0 Å². The average molecular weight is 303 g/mol. The smallest absolute Gasteiger partial charge is 0.146 e. The van der Waals surface area contributed by atoms with Crippen molar-refractivity contribution in [3.8, 4) is 0 Å². The van der Waals surface area contributed by atoms with Crippen LogP contribution < -0.4 is 0 Å². The second-order valence-corrected chi connectivity index (χ2v) is 12.6. The molecule has 0 bridgehead atoms. The van der Waals surface area contributed by atoms with Crippen molar-refractivity contribution in [2.75, 3.05) is 0 Å². The van der Waals surface area contributed by atoms with E-state index in [0.717, 1.165) is 18.5 Å². The van der Waals surface area contributed by atoms with Crippen molar-refractivity contribution in [1.82, 2.24) is 0 Å². The minimum Gasteiger partial charge on any atom is -0.146 e. The maximum atomic E-state index is 6.50. The van der Waals surface area contributed by atoms with Crippen LogP contribution in [-0.4, -0.2) is 6.69 Å². The van der Waals surface area contributed by atoms with Gasteiger partial charge in [-0.3, -0.25) is 0 Å². The summed E-state index contributed by atoms with van der Waals surface area (Å²) in [5.41, 5.74) is 1.35. The van der Waals surface area contributed by atoms with Crippen molar-refractivity contribution >= 4 is 28.9 Å².